The van der Waals surface area contributed by atoms with Crippen molar-refractivity contribution in [3.63, 3.8) is 0 Å². The standard InChI is InChI=1S/C20H15N3O3/c24-18(16-12-7-13-25-16)21-17(14-8-3-1-4-9-14)20-23-22-19(26-20)15-10-5-2-6-11-15/h1-13,17H,(H,21,24). The van der Waals surface area contributed by atoms with Crippen molar-refractivity contribution in [1.82, 2.24) is 15.5 Å². The molecule has 2 aromatic carbocycles. The summed E-state index contributed by atoms with van der Waals surface area (Å²) in [6, 6.07) is 21.6. The van der Waals surface area contributed by atoms with Crippen LogP contribution in [0.25, 0.3) is 11.5 Å². The zero-order valence-electron chi connectivity index (χ0n) is 13.7. The van der Waals surface area contributed by atoms with Crippen LogP contribution in [-0.4, -0.2) is 16.1 Å². The van der Waals surface area contributed by atoms with E-state index in [0.29, 0.717) is 11.8 Å². The predicted octanol–water partition coefficient (Wildman–Crippen LogP) is 3.85. The third-order valence-electron chi connectivity index (χ3n) is 3.86. The van der Waals surface area contributed by atoms with Gasteiger partial charge in [-0.3, -0.25) is 4.79 Å². The maximum absolute atomic E-state index is 12.4. The molecular formula is C20H15N3O3. The molecule has 4 rings (SSSR count). The Labute approximate surface area is 149 Å². The van der Waals surface area contributed by atoms with Crippen molar-refractivity contribution < 1.29 is 13.6 Å². The highest BCUT2D eigenvalue weighted by molar-refractivity contribution is 5.91. The van der Waals surface area contributed by atoms with E-state index >= 15 is 0 Å². The van der Waals surface area contributed by atoms with Crippen molar-refractivity contribution in [2.75, 3.05) is 0 Å². The molecule has 0 aliphatic carbocycles. The number of amides is 1. The molecule has 0 aliphatic rings. The van der Waals surface area contributed by atoms with E-state index in [1.807, 2.05) is 60.7 Å². The maximum Gasteiger partial charge on any atom is 0.287 e. The molecule has 0 aliphatic heterocycles. The van der Waals surface area contributed by atoms with Gasteiger partial charge in [0.1, 0.15) is 6.04 Å². The molecule has 0 saturated heterocycles. The Morgan fingerprint density at radius 1 is 0.885 bits per heavy atom. The number of benzene rings is 2. The Morgan fingerprint density at radius 3 is 2.31 bits per heavy atom. The van der Waals surface area contributed by atoms with Gasteiger partial charge in [0, 0.05) is 5.56 Å². The lowest BCUT2D eigenvalue weighted by molar-refractivity contribution is 0.0910. The third-order valence-corrected chi connectivity index (χ3v) is 3.86. The predicted molar refractivity (Wildman–Crippen MR) is 94.2 cm³/mol. The number of carbonyl (C=O) groups is 1. The molecule has 1 unspecified atom stereocenters. The summed E-state index contributed by atoms with van der Waals surface area (Å²) in [6.07, 6.45) is 1.45. The van der Waals surface area contributed by atoms with E-state index in [1.54, 1.807) is 12.1 Å². The van der Waals surface area contributed by atoms with E-state index < -0.39 is 6.04 Å². The molecule has 1 amide bonds. The summed E-state index contributed by atoms with van der Waals surface area (Å²) in [5, 5.41) is 11.1. The minimum atomic E-state index is -0.584. The largest absolute Gasteiger partial charge is 0.459 e. The minimum Gasteiger partial charge on any atom is -0.459 e. The smallest absolute Gasteiger partial charge is 0.287 e. The summed E-state index contributed by atoms with van der Waals surface area (Å²) in [4.78, 5) is 12.4. The van der Waals surface area contributed by atoms with Crippen LogP contribution in [0.3, 0.4) is 0 Å². The molecule has 1 atom stereocenters. The first kappa shape index (κ1) is 15.8. The van der Waals surface area contributed by atoms with E-state index in [2.05, 4.69) is 15.5 Å². The van der Waals surface area contributed by atoms with E-state index in [4.69, 9.17) is 8.83 Å². The van der Waals surface area contributed by atoms with Crippen molar-refractivity contribution in [2.24, 2.45) is 0 Å². The molecule has 1 N–H and O–H groups in total. The van der Waals surface area contributed by atoms with Crippen LogP contribution in [0, 0.1) is 0 Å². The van der Waals surface area contributed by atoms with Gasteiger partial charge in [0.2, 0.25) is 11.8 Å². The fourth-order valence-corrected chi connectivity index (χ4v) is 2.59. The second-order valence-corrected chi connectivity index (χ2v) is 5.61. The first-order chi connectivity index (χ1) is 12.8. The number of hydrogen-bond donors (Lipinski definition) is 1. The summed E-state index contributed by atoms with van der Waals surface area (Å²) in [5.41, 5.74) is 1.64. The Morgan fingerprint density at radius 2 is 1.62 bits per heavy atom. The van der Waals surface area contributed by atoms with Crippen molar-refractivity contribution in [3.05, 3.63) is 96.3 Å². The lowest BCUT2D eigenvalue weighted by Crippen LogP contribution is -2.29. The first-order valence-electron chi connectivity index (χ1n) is 8.09. The Hall–Kier alpha value is -3.67. The van der Waals surface area contributed by atoms with Crippen LogP contribution in [0.5, 0.6) is 0 Å². The molecule has 6 nitrogen and oxygen atoms in total. The van der Waals surface area contributed by atoms with Gasteiger partial charge in [-0.2, -0.15) is 0 Å². The molecule has 4 aromatic rings. The number of nitrogens with one attached hydrogen (secondary N) is 1. The normalized spacial score (nSPS) is 11.8. The Kier molecular flexibility index (Phi) is 4.30. The van der Waals surface area contributed by atoms with Crippen LogP contribution < -0.4 is 5.32 Å². The zero-order valence-corrected chi connectivity index (χ0v) is 13.7. The molecule has 2 heterocycles. The van der Waals surface area contributed by atoms with Crippen LogP contribution in [-0.2, 0) is 0 Å². The monoisotopic (exact) mass is 345 g/mol. The Bertz CT molecular complexity index is 980. The molecule has 0 fully saturated rings. The summed E-state index contributed by atoms with van der Waals surface area (Å²) >= 11 is 0. The summed E-state index contributed by atoms with van der Waals surface area (Å²) in [7, 11) is 0. The topological polar surface area (TPSA) is 81.2 Å². The van der Waals surface area contributed by atoms with Gasteiger partial charge in [-0.25, -0.2) is 0 Å². The number of furan rings is 1. The molecule has 0 bridgehead atoms. The second-order valence-electron chi connectivity index (χ2n) is 5.61. The van der Waals surface area contributed by atoms with E-state index in [0.717, 1.165) is 11.1 Å². The number of nitrogens with zero attached hydrogens (tertiary/aromatic N) is 2. The van der Waals surface area contributed by atoms with Gasteiger partial charge in [0.15, 0.2) is 5.76 Å². The van der Waals surface area contributed by atoms with E-state index in [9.17, 15) is 4.79 Å². The van der Waals surface area contributed by atoms with Crippen molar-refractivity contribution in [1.29, 1.82) is 0 Å². The number of carbonyl (C=O) groups excluding carboxylic acids is 1. The highest BCUT2D eigenvalue weighted by atomic mass is 16.4. The van der Waals surface area contributed by atoms with Crippen LogP contribution in [0.2, 0.25) is 0 Å². The minimum absolute atomic E-state index is 0.216. The maximum atomic E-state index is 12.4. The lowest BCUT2D eigenvalue weighted by atomic mass is 10.1. The summed E-state index contributed by atoms with van der Waals surface area (Å²) < 4.78 is 11.0. The van der Waals surface area contributed by atoms with Gasteiger partial charge in [-0.15, -0.1) is 10.2 Å². The highest BCUT2D eigenvalue weighted by Crippen LogP contribution is 2.25. The van der Waals surface area contributed by atoms with Crippen molar-refractivity contribution in [3.8, 4) is 11.5 Å². The van der Waals surface area contributed by atoms with Crippen molar-refractivity contribution >= 4 is 5.91 Å². The van der Waals surface area contributed by atoms with E-state index in [-0.39, 0.29) is 11.7 Å². The average molecular weight is 345 g/mol. The molecule has 0 saturated carbocycles. The summed E-state index contributed by atoms with van der Waals surface area (Å²) in [6.45, 7) is 0. The van der Waals surface area contributed by atoms with Crippen LogP contribution >= 0.6 is 0 Å². The van der Waals surface area contributed by atoms with Gasteiger partial charge in [0.25, 0.3) is 5.91 Å². The van der Waals surface area contributed by atoms with Gasteiger partial charge >= 0.3 is 0 Å². The molecule has 26 heavy (non-hydrogen) atoms. The highest BCUT2D eigenvalue weighted by Gasteiger charge is 2.24. The summed E-state index contributed by atoms with van der Waals surface area (Å²) in [5.74, 6) is 0.556. The number of hydrogen-bond acceptors (Lipinski definition) is 5. The van der Waals surface area contributed by atoms with Gasteiger partial charge < -0.3 is 14.2 Å². The fourth-order valence-electron chi connectivity index (χ4n) is 2.59. The molecule has 0 radical (unpaired) electrons. The Balaban J connectivity index is 1.67. The van der Waals surface area contributed by atoms with Crippen LogP contribution in [0.1, 0.15) is 28.1 Å². The molecule has 6 heteroatoms. The van der Waals surface area contributed by atoms with Gasteiger partial charge in [-0.1, -0.05) is 48.5 Å². The molecule has 128 valence electrons. The second kappa shape index (κ2) is 7.06. The van der Waals surface area contributed by atoms with E-state index in [1.165, 1.54) is 6.26 Å². The van der Waals surface area contributed by atoms with Gasteiger partial charge in [-0.05, 0) is 29.8 Å². The lowest BCUT2D eigenvalue weighted by Gasteiger charge is -2.14. The van der Waals surface area contributed by atoms with Crippen LogP contribution in [0.15, 0.2) is 87.9 Å². The number of rotatable bonds is 5. The molecular weight excluding hydrogens is 330 g/mol. The fraction of sp³-hybridized carbons (Fsp3) is 0.0500. The quantitative estimate of drug-likeness (QED) is 0.594. The van der Waals surface area contributed by atoms with Crippen molar-refractivity contribution in [2.45, 2.75) is 6.04 Å². The molecule has 2 aromatic heterocycles. The SMILES string of the molecule is O=C(NC(c1ccccc1)c1nnc(-c2ccccc2)o1)c1ccco1. The number of aromatic nitrogens is 2. The zero-order chi connectivity index (χ0) is 17.8. The van der Waals surface area contributed by atoms with Gasteiger partial charge in [0.05, 0.1) is 6.26 Å². The van der Waals surface area contributed by atoms with Crippen LogP contribution in [0.4, 0.5) is 0 Å². The average Bonchev–Trinajstić information content (AvgIpc) is 3.39. The first-order valence-corrected chi connectivity index (χ1v) is 8.09. The third kappa shape index (κ3) is 3.25. The molecule has 0 spiro atoms.